The maximum absolute atomic E-state index is 15.7. The molecule has 326 valence electrons. The number of aromatic amines is 1. The first kappa shape index (κ1) is 40.6. The number of hydrogen-bond acceptors (Lipinski definition) is 10. The van der Waals surface area contributed by atoms with Gasteiger partial charge in [0.2, 0.25) is 11.8 Å². The van der Waals surface area contributed by atoms with Crippen LogP contribution >= 0.6 is 0 Å². The van der Waals surface area contributed by atoms with Crippen LogP contribution in [0.15, 0.2) is 152 Å². The highest BCUT2D eigenvalue weighted by molar-refractivity contribution is 6.12. The molecule has 2 aromatic heterocycles. The second kappa shape index (κ2) is 16.8. The van der Waals surface area contributed by atoms with E-state index in [-0.39, 0.29) is 26.3 Å². The zero-order valence-corrected chi connectivity index (χ0v) is 35.4. The van der Waals surface area contributed by atoms with E-state index in [9.17, 15) is 5.11 Å². The Bertz CT molecular complexity index is 3180. The monoisotopic (exact) mass is 874 g/mol. The summed E-state index contributed by atoms with van der Waals surface area (Å²) < 4.78 is 14.6. The molecule has 0 aliphatic carbocycles. The van der Waals surface area contributed by atoms with E-state index in [0.29, 0.717) is 34.0 Å². The summed E-state index contributed by atoms with van der Waals surface area (Å²) in [7, 11) is 0. The number of benzene rings is 6. The maximum Gasteiger partial charge on any atom is 0.324 e. The van der Waals surface area contributed by atoms with Crippen molar-refractivity contribution in [1.29, 1.82) is 0 Å². The molecule has 1 spiro atoms. The fourth-order valence-corrected chi connectivity index (χ4v) is 10.3. The van der Waals surface area contributed by atoms with Gasteiger partial charge in [-0.1, -0.05) is 120 Å². The molecule has 3 aliphatic rings. The number of aromatic nitrogens is 5. The van der Waals surface area contributed by atoms with Crippen LogP contribution in [0.2, 0.25) is 0 Å². The van der Waals surface area contributed by atoms with Crippen molar-refractivity contribution in [2.45, 2.75) is 42.7 Å². The molecule has 66 heavy (non-hydrogen) atoms. The van der Waals surface area contributed by atoms with E-state index in [0.717, 1.165) is 33.2 Å². The van der Waals surface area contributed by atoms with Gasteiger partial charge in [0.25, 0.3) is 0 Å². The molecule has 6 atom stereocenters. The Morgan fingerprint density at radius 3 is 2.36 bits per heavy atom. The maximum atomic E-state index is 15.7. The number of amides is 2. The number of aliphatic hydroxyl groups is 1. The van der Waals surface area contributed by atoms with Gasteiger partial charge in [0, 0.05) is 16.8 Å². The number of fused-ring (bicyclic) bond motifs is 5. The molecule has 0 radical (unpaired) electrons. The molecule has 6 aromatic carbocycles. The number of hydrogen-bond donors (Lipinski definition) is 4. The van der Waals surface area contributed by atoms with Gasteiger partial charge in [0.1, 0.15) is 47.8 Å². The summed E-state index contributed by atoms with van der Waals surface area (Å²) in [6.45, 7) is -0.0866. The quantitative estimate of drug-likeness (QED) is 0.0899. The van der Waals surface area contributed by atoms with Crippen LogP contribution in [0, 0.1) is 17.8 Å². The third kappa shape index (κ3) is 6.75. The summed E-state index contributed by atoms with van der Waals surface area (Å²) in [5.41, 5.74) is 4.95. The number of ether oxygens (including phenoxy) is 2. The molecule has 14 heteroatoms. The van der Waals surface area contributed by atoms with Crippen molar-refractivity contribution in [3.05, 3.63) is 185 Å². The van der Waals surface area contributed by atoms with Crippen molar-refractivity contribution in [3.63, 3.8) is 0 Å². The number of rotatable bonds is 10. The average Bonchev–Trinajstić information content (AvgIpc) is 4.12. The van der Waals surface area contributed by atoms with Crippen LogP contribution in [0.1, 0.15) is 51.8 Å². The molecule has 4 N–H and O–H groups in total. The standard InChI is InChI=1S/C52H42N8O6/c61-28-29-65-42-24-12-7-19-35(42)48-52(36-30-32(25-26-37(36)56-51(52)64)14-13-27-59-41-23-11-10-22-40(41)57-58-59)44(49(62)53-31-43-54-38-20-8-9-21-39(38)55-43)46-50(63)66-47(34-17-5-2-6-18-34)45(60(46)48)33-15-3-1-4-16-33/h1-12,15-26,30,44-48,61H,27-29,31H2,(H,53,62)(H,54,55)(H,56,64)/t44-,45-,46-,47+,48+,52-/m0/s1. The molecular weight excluding hydrogens is 833 g/mol. The summed E-state index contributed by atoms with van der Waals surface area (Å²) in [5, 5.41) is 24.8. The number of cyclic esters (lactones) is 1. The third-order valence-corrected chi connectivity index (χ3v) is 12.9. The lowest BCUT2D eigenvalue weighted by atomic mass is 9.65. The number of carbonyl (C=O) groups is 3. The summed E-state index contributed by atoms with van der Waals surface area (Å²) >= 11 is 0. The van der Waals surface area contributed by atoms with Crippen LogP contribution in [0.3, 0.4) is 0 Å². The van der Waals surface area contributed by atoms with Crippen molar-refractivity contribution in [3.8, 4) is 17.6 Å². The Morgan fingerprint density at radius 1 is 0.833 bits per heavy atom. The van der Waals surface area contributed by atoms with Crippen LogP contribution in [-0.4, -0.2) is 72.0 Å². The Morgan fingerprint density at radius 2 is 1.56 bits per heavy atom. The largest absolute Gasteiger partial charge is 0.491 e. The van der Waals surface area contributed by atoms with Gasteiger partial charge >= 0.3 is 5.97 Å². The molecular formula is C52H42N8O6. The van der Waals surface area contributed by atoms with E-state index in [1.54, 1.807) is 16.8 Å². The number of anilines is 1. The Labute approximate surface area is 378 Å². The SMILES string of the molecule is O=C1O[C@H](c2ccccc2)[C@H](c2ccccc2)N2[C@H]1[C@@H](C(=O)NCc1nc3ccccc3[nH]1)[C@]1(C(=O)Nc3ccc(C#CCn4nnc5ccccc54)cc31)[C@H]2c1ccccc1OCCO. The molecule has 8 aromatic rings. The Kier molecular flexibility index (Phi) is 10.3. The minimum Gasteiger partial charge on any atom is -0.491 e. The van der Waals surface area contributed by atoms with E-state index >= 15 is 14.4 Å². The second-order valence-electron chi connectivity index (χ2n) is 16.5. The van der Waals surface area contributed by atoms with Crippen molar-refractivity contribution < 1.29 is 29.0 Å². The number of nitrogens with zero attached hydrogens (tertiary/aromatic N) is 5. The van der Waals surface area contributed by atoms with Gasteiger partial charge in [-0.25, -0.2) is 9.67 Å². The highest BCUT2D eigenvalue weighted by Gasteiger charge is 2.74. The number of aliphatic hydroxyl groups excluding tert-OH is 1. The van der Waals surface area contributed by atoms with Gasteiger partial charge in [-0.3, -0.25) is 19.3 Å². The van der Waals surface area contributed by atoms with E-state index < -0.39 is 53.3 Å². The van der Waals surface area contributed by atoms with Crippen molar-refractivity contribution in [2.24, 2.45) is 5.92 Å². The van der Waals surface area contributed by atoms with Crippen molar-refractivity contribution >= 4 is 45.5 Å². The highest BCUT2D eigenvalue weighted by atomic mass is 16.6. The molecule has 0 saturated carbocycles. The topological polar surface area (TPSA) is 177 Å². The number of para-hydroxylation sites is 4. The molecule has 2 fully saturated rings. The number of esters is 1. The summed E-state index contributed by atoms with van der Waals surface area (Å²) in [4.78, 5) is 56.6. The number of nitrogens with one attached hydrogen (secondary N) is 3. The second-order valence-corrected chi connectivity index (χ2v) is 16.5. The first-order chi connectivity index (χ1) is 32.4. The molecule has 0 bridgehead atoms. The third-order valence-electron chi connectivity index (χ3n) is 12.9. The number of imidazole rings is 1. The fraction of sp³-hybridized carbons (Fsp3) is 0.192. The Balaban J connectivity index is 1.13. The fourth-order valence-electron chi connectivity index (χ4n) is 10.3. The van der Waals surface area contributed by atoms with Gasteiger partial charge in [0.05, 0.1) is 47.7 Å². The molecule has 0 unspecified atom stereocenters. The summed E-state index contributed by atoms with van der Waals surface area (Å²) in [6, 6.07) is 44.1. The normalized spacial score (nSPS) is 22.0. The lowest BCUT2D eigenvalue weighted by Crippen LogP contribution is -2.54. The van der Waals surface area contributed by atoms with E-state index in [4.69, 9.17) is 14.5 Å². The number of morpholine rings is 1. The van der Waals surface area contributed by atoms with Crippen molar-refractivity contribution in [2.75, 3.05) is 18.5 Å². The zero-order valence-electron chi connectivity index (χ0n) is 35.4. The highest BCUT2D eigenvalue weighted by Crippen LogP contribution is 2.65. The van der Waals surface area contributed by atoms with Gasteiger partial charge < -0.3 is 30.2 Å². The van der Waals surface area contributed by atoms with Crippen molar-refractivity contribution in [1.82, 2.24) is 35.2 Å². The number of H-pyrrole nitrogens is 1. The van der Waals surface area contributed by atoms with Crippen LogP contribution < -0.4 is 15.4 Å². The minimum absolute atomic E-state index is 0.0194. The van der Waals surface area contributed by atoms with Crippen LogP contribution in [-0.2, 0) is 37.6 Å². The molecule has 2 saturated heterocycles. The molecule has 2 amide bonds. The van der Waals surface area contributed by atoms with Crippen LogP contribution in [0.5, 0.6) is 5.75 Å². The van der Waals surface area contributed by atoms with Gasteiger partial charge in [-0.15, -0.1) is 5.10 Å². The smallest absolute Gasteiger partial charge is 0.324 e. The lowest BCUT2D eigenvalue weighted by Gasteiger charge is -2.46. The van der Waals surface area contributed by atoms with E-state index in [1.807, 2.05) is 144 Å². The lowest BCUT2D eigenvalue weighted by molar-refractivity contribution is -0.178. The first-order valence-electron chi connectivity index (χ1n) is 21.8. The van der Waals surface area contributed by atoms with Gasteiger partial charge in [0.15, 0.2) is 0 Å². The summed E-state index contributed by atoms with van der Waals surface area (Å²) in [5.74, 6) is 4.33. The summed E-state index contributed by atoms with van der Waals surface area (Å²) in [6.07, 6.45) is -0.853. The van der Waals surface area contributed by atoms with Crippen LogP contribution in [0.4, 0.5) is 5.69 Å². The predicted molar refractivity (Wildman–Crippen MR) is 244 cm³/mol. The predicted octanol–water partition coefficient (Wildman–Crippen LogP) is 6.32. The molecule has 11 rings (SSSR count). The minimum atomic E-state index is -1.80. The van der Waals surface area contributed by atoms with Gasteiger partial charge in [-0.05, 0) is 65.2 Å². The Hall–Kier alpha value is -8.12. The number of carbonyl (C=O) groups excluding carboxylic acids is 3. The average molecular weight is 875 g/mol. The molecule has 5 heterocycles. The zero-order chi connectivity index (χ0) is 44.8. The van der Waals surface area contributed by atoms with E-state index in [2.05, 4.69) is 37.8 Å². The van der Waals surface area contributed by atoms with E-state index in [1.165, 1.54) is 0 Å². The van der Waals surface area contributed by atoms with Crippen LogP contribution in [0.25, 0.3) is 22.1 Å². The molecule has 14 nitrogen and oxygen atoms in total. The van der Waals surface area contributed by atoms with Gasteiger partial charge in [-0.2, -0.15) is 0 Å². The molecule has 3 aliphatic heterocycles. The first-order valence-corrected chi connectivity index (χ1v) is 21.8.